The monoisotopic (exact) mass is 292 g/mol. The molecule has 1 unspecified atom stereocenters. The number of quaternary nitrogens is 1. The average Bonchev–Trinajstić information content (AvgIpc) is 2.53. The summed E-state index contributed by atoms with van der Waals surface area (Å²) in [6.07, 6.45) is 6.07. The Kier molecular flexibility index (Phi) is 6.52. The van der Waals surface area contributed by atoms with E-state index in [1.165, 1.54) is 51.7 Å². The smallest absolute Gasteiger partial charge is 0.137 e. The van der Waals surface area contributed by atoms with E-state index in [2.05, 4.69) is 6.92 Å². The number of aliphatic hydroxyl groups is 1. The van der Waals surface area contributed by atoms with Gasteiger partial charge in [0.1, 0.15) is 25.0 Å². The highest BCUT2D eigenvalue weighted by atomic mass is 16.5. The Hall–Kier alpha value is -1.06. The summed E-state index contributed by atoms with van der Waals surface area (Å²) in [5, 5.41) is 10.4. The first-order chi connectivity index (χ1) is 10.2. The molecule has 2 rings (SSSR count). The summed E-state index contributed by atoms with van der Waals surface area (Å²) in [7, 11) is 0. The number of piperidine rings is 1. The lowest BCUT2D eigenvalue weighted by atomic mass is 10.1. The molecule has 3 nitrogen and oxygen atoms in total. The molecule has 1 aromatic carbocycles. The fourth-order valence-electron chi connectivity index (χ4n) is 3.38. The van der Waals surface area contributed by atoms with E-state index in [4.69, 9.17) is 4.74 Å². The van der Waals surface area contributed by atoms with Gasteiger partial charge in [0.25, 0.3) is 0 Å². The maximum Gasteiger partial charge on any atom is 0.137 e. The maximum absolute atomic E-state index is 10.4. The number of para-hydroxylation sites is 1. The van der Waals surface area contributed by atoms with Crippen LogP contribution in [-0.4, -0.2) is 48.5 Å². The van der Waals surface area contributed by atoms with Crippen LogP contribution < -0.4 is 4.74 Å². The predicted octanol–water partition coefficient (Wildman–Crippen LogP) is 3.23. The number of likely N-dealkylation sites (tertiary alicyclic amines) is 1. The van der Waals surface area contributed by atoms with Crippen LogP contribution in [0.3, 0.4) is 0 Å². The van der Waals surface area contributed by atoms with Crippen molar-refractivity contribution in [1.82, 2.24) is 0 Å². The molecule has 118 valence electrons. The molecule has 0 amide bonds. The summed E-state index contributed by atoms with van der Waals surface area (Å²) < 4.78 is 6.79. The van der Waals surface area contributed by atoms with Crippen molar-refractivity contribution in [2.24, 2.45) is 0 Å². The van der Waals surface area contributed by atoms with Crippen molar-refractivity contribution in [1.29, 1.82) is 0 Å². The van der Waals surface area contributed by atoms with Crippen LogP contribution in [0.4, 0.5) is 0 Å². The van der Waals surface area contributed by atoms with Crippen LogP contribution in [0.2, 0.25) is 0 Å². The first-order valence-corrected chi connectivity index (χ1v) is 8.45. The Morgan fingerprint density at radius 3 is 2.52 bits per heavy atom. The number of benzene rings is 1. The quantitative estimate of drug-likeness (QED) is 0.745. The number of nitrogens with zero attached hydrogens (tertiary/aromatic N) is 1. The van der Waals surface area contributed by atoms with E-state index in [-0.39, 0.29) is 6.10 Å². The molecule has 1 aromatic rings. The van der Waals surface area contributed by atoms with Crippen molar-refractivity contribution in [3.8, 4) is 5.75 Å². The van der Waals surface area contributed by atoms with Gasteiger partial charge in [-0.25, -0.2) is 0 Å². The van der Waals surface area contributed by atoms with Crippen LogP contribution in [-0.2, 0) is 0 Å². The molecule has 3 heteroatoms. The number of rotatable bonds is 8. The molecule has 0 aromatic heterocycles. The van der Waals surface area contributed by atoms with Gasteiger partial charge in [-0.05, 0) is 37.8 Å². The van der Waals surface area contributed by atoms with Gasteiger partial charge in [0, 0.05) is 0 Å². The highest BCUT2D eigenvalue weighted by Crippen LogP contribution is 2.21. The van der Waals surface area contributed by atoms with Crippen LogP contribution in [0.5, 0.6) is 5.75 Å². The van der Waals surface area contributed by atoms with E-state index in [9.17, 15) is 5.11 Å². The molecule has 0 bridgehead atoms. The predicted molar refractivity (Wildman–Crippen MR) is 86.4 cm³/mol. The molecule has 0 spiro atoms. The summed E-state index contributed by atoms with van der Waals surface area (Å²) in [5.41, 5.74) is 0. The van der Waals surface area contributed by atoms with Gasteiger partial charge >= 0.3 is 0 Å². The van der Waals surface area contributed by atoms with E-state index >= 15 is 0 Å². The maximum atomic E-state index is 10.4. The zero-order valence-electron chi connectivity index (χ0n) is 13.3. The zero-order chi connectivity index (χ0) is 15.0. The first kappa shape index (κ1) is 16.3. The summed E-state index contributed by atoms with van der Waals surface area (Å²) >= 11 is 0. The Balaban J connectivity index is 1.84. The van der Waals surface area contributed by atoms with Crippen LogP contribution in [0, 0.1) is 0 Å². The average molecular weight is 292 g/mol. The molecular formula is C18H30NO2+. The van der Waals surface area contributed by atoms with E-state index in [0.29, 0.717) is 6.61 Å². The van der Waals surface area contributed by atoms with Crippen LogP contribution in [0.1, 0.15) is 39.0 Å². The Bertz CT molecular complexity index is 387. The summed E-state index contributed by atoms with van der Waals surface area (Å²) in [5.74, 6) is 0.843. The highest BCUT2D eigenvalue weighted by molar-refractivity contribution is 5.20. The third-order valence-electron chi connectivity index (χ3n) is 4.53. The van der Waals surface area contributed by atoms with Crippen LogP contribution in [0.15, 0.2) is 30.3 Å². The fraction of sp³-hybridized carbons (Fsp3) is 0.667. The van der Waals surface area contributed by atoms with E-state index < -0.39 is 0 Å². The number of hydrogen-bond donors (Lipinski definition) is 1. The second-order valence-corrected chi connectivity index (χ2v) is 6.39. The lowest BCUT2D eigenvalue weighted by molar-refractivity contribution is -0.935. The molecule has 1 fully saturated rings. The Morgan fingerprint density at radius 1 is 1.14 bits per heavy atom. The van der Waals surface area contributed by atoms with Gasteiger partial charge in [-0.1, -0.05) is 31.5 Å². The Labute approximate surface area is 129 Å². The minimum Gasteiger partial charge on any atom is -0.491 e. The zero-order valence-corrected chi connectivity index (χ0v) is 13.3. The summed E-state index contributed by atoms with van der Waals surface area (Å²) in [6.45, 7) is 7.14. The van der Waals surface area contributed by atoms with Crippen molar-refractivity contribution in [2.75, 3.05) is 32.8 Å². The lowest BCUT2D eigenvalue weighted by Crippen LogP contribution is -2.56. The highest BCUT2D eigenvalue weighted by Gasteiger charge is 2.31. The van der Waals surface area contributed by atoms with Gasteiger partial charge in [0.05, 0.1) is 19.6 Å². The Morgan fingerprint density at radius 2 is 1.86 bits per heavy atom. The van der Waals surface area contributed by atoms with Gasteiger partial charge < -0.3 is 14.3 Å². The molecule has 1 atom stereocenters. The molecule has 0 saturated carbocycles. The van der Waals surface area contributed by atoms with Gasteiger partial charge in [0.2, 0.25) is 0 Å². The lowest BCUT2D eigenvalue weighted by Gasteiger charge is -2.42. The van der Waals surface area contributed by atoms with Gasteiger partial charge in [-0.15, -0.1) is 0 Å². The van der Waals surface area contributed by atoms with E-state index in [1.54, 1.807) is 0 Å². The van der Waals surface area contributed by atoms with Crippen molar-refractivity contribution in [3.63, 3.8) is 0 Å². The van der Waals surface area contributed by atoms with Crippen LogP contribution >= 0.6 is 0 Å². The SMILES string of the molecule is CCCC[N+]1(CC(O)COc2ccccc2)CCCCC1. The largest absolute Gasteiger partial charge is 0.491 e. The van der Waals surface area contributed by atoms with Crippen molar-refractivity contribution >= 4 is 0 Å². The molecule has 0 aliphatic carbocycles. The van der Waals surface area contributed by atoms with E-state index in [0.717, 1.165) is 16.8 Å². The topological polar surface area (TPSA) is 29.5 Å². The van der Waals surface area contributed by atoms with Crippen molar-refractivity contribution in [2.45, 2.75) is 45.1 Å². The van der Waals surface area contributed by atoms with Crippen molar-refractivity contribution < 1.29 is 14.3 Å². The standard InChI is InChI=1S/C18H30NO2/c1-2-3-12-19(13-8-5-9-14-19)15-17(20)16-21-18-10-6-4-7-11-18/h4,6-7,10-11,17,20H,2-3,5,8-9,12-16H2,1H3/q+1. The minimum absolute atomic E-state index is 0.375. The number of unbranched alkanes of at least 4 members (excludes halogenated alkanes) is 1. The molecular weight excluding hydrogens is 262 g/mol. The normalized spacial score (nSPS) is 19.1. The van der Waals surface area contributed by atoms with Crippen molar-refractivity contribution in [3.05, 3.63) is 30.3 Å². The molecule has 21 heavy (non-hydrogen) atoms. The van der Waals surface area contributed by atoms with Gasteiger partial charge in [-0.2, -0.15) is 0 Å². The molecule has 1 aliphatic rings. The molecule has 1 aliphatic heterocycles. The number of ether oxygens (including phenoxy) is 1. The summed E-state index contributed by atoms with van der Waals surface area (Å²) in [6, 6.07) is 9.77. The number of hydrogen-bond acceptors (Lipinski definition) is 2. The third kappa shape index (κ3) is 5.33. The van der Waals surface area contributed by atoms with E-state index in [1.807, 2.05) is 30.3 Å². The molecule has 1 heterocycles. The fourth-order valence-corrected chi connectivity index (χ4v) is 3.38. The minimum atomic E-state index is -0.375. The van der Waals surface area contributed by atoms with Gasteiger partial charge in [-0.3, -0.25) is 0 Å². The van der Waals surface area contributed by atoms with Gasteiger partial charge in [0.15, 0.2) is 0 Å². The summed E-state index contributed by atoms with van der Waals surface area (Å²) in [4.78, 5) is 0. The second kappa shape index (κ2) is 8.40. The molecule has 1 saturated heterocycles. The third-order valence-corrected chi connectivity index (χ3v) is 4.53. The molecule has 1 N–H and O–H groups in total. The van der Waals surface area contributed by atoms with Crippen LogP contribution in [0.25, 0.3) is 0 Å². The first-order valence-electron chi connectivity index (χ1n) is 8.45. The number of aliphatic hydroxyl groups excluding tert-OH is 1. The molecule has 0 radical (unpaired) electrons. The second-order valence-electron chi connectivity index (χ2n) is 6.39.